The zero-order valence-corrected chi connectivity index (χ0v) is 22.4. The Morgan fingerprint density at radius 2 is 1.80 bits per heavy atom. The average Bonchev–Trinajstić information content (AvgIpc) is 3.61. The van der Waals surface area contributed by atoms with Crippen molar-refractivity contribution in [2.45, 2.75) is 12.8 Å². The summed E-state index contributed by atoms with van der Waals surface area (Å²) in [5, 5.41) is 11.6. The van der Waals surface area contributed by atoms with Gasteiger partial charge in [0, 0.05) is 34.8 Å². The van der Waals surface area contributed by atoms with E-state index < -0.39 is 0 Å². The van der Waals surface area contributed by atoms with E-state index in [0.717, 1.165) is 59.0 Å². The van der Waals surface area contributed by atoms with Gasteiger partial charge in [0.2, 0.25) is 5.91 Å². The van der Waals surface area contributed by atoms with E-state index in [0.29, 0.717) is 28.3 Å². The molecule has 1 amide bonds. The molecule has 1 aliphatic heterocycles. The van der Waals surface area contributed by atoms with Gasteiger partial charge in [0.05, 0.1) is 34.6 Å². The number of carbonyl (C=O) groups is 1. The minimum atomic E-state index is -0.318. The van der Waals surface area contributed by atoms with Crippen LogP contribution < -0.4 is 5.32 Å². The van der Waals surface area contributed by atoms with Crippen molar-refractivity contribution in [2.75, 3.05) is 25.5 Å². The van der Waals surface area contributed by atoms with Crippen LogP contribution in [0.1, 0.15) is 12.8 Å². The normalized spacial score (nSPS) is 14.6. The lowest BCUT2D eigenvalue weighted by atomic mass is 9.96. The highest BCUT2D eigenvalue weighted by atomic mass is 19.1. The number of benzene rings is 2. The molecule has 0 saturated carbocycles. The van der Waals surface area contributed by atoms with Crippen LogP contribution in [0.4, 0.5) is 10.1 Å². The van der Waals surface area contributed by atoms with Crippen molar-refractivity contribution in [3.05, 3.63) is 79.1 Å². The molecule has 4 aromatic heterocycles. The molecule has 204 valence electrons. The molecule has 0 atom stereocenters. The number of amides is 1. The Balaban J connectivity index is 1.21. The molecule has 3 N–H and O–H groups in total. The van der Waals surface area contributed by atoms with Crippen LogP contribution in [0.3, 0.4) is 0 Å². The van der Waals surface area contributed by atoms with Crippen LogP contribution in [-0.2, 0) is 4.79 Å². The van der Waals surface area contributed by atoms with E-state index >= 15 is 0 Å². The van der Waals surface area contributed by atoms with Gasteiger partial charge < -0.3 is 15.2 Å². The van der Waals surface area contributed by atoms with Crippen molar-refractivity contribution in [1.82, 2.24) is 35.0 Å². The monoisotopic (exact) mass is 546 g/mol. The summed E-state index contributed by atoms with van der Waals surface area (Å²) < 4.78 is 13.9. The molecule has 7 rings (SSSR count). The van der Waals surface area contributed by atoms with Gasteiger partial charge in [0.15, 0.2) is 5.82 Å². The minimum absolute atomic E-state index is 0.0140. The lowest BCUT2D eigenvalue weighted by molar-refractivity contribution is -0.121. The van der Waals surface area contributed by atoms with Gasteiger partial charge in [-0.15, -0.1) is 0 Å². The largest absolute Gasteiger partial charge is 0.335 e. The number of pyridine rings is 2. The summed E-state index contributed by atoms with van der Waals surface area (Å²) in [4.78, 5) is 32.0. The third kappa shape index (κ3) is 4.82. The van der Waals surface area contributed by atoms with E-state index in [1.807, 2.05) is 30.3 Å². The highest BCUT2D eigenvalue weighted by Gasteiger charge is 2.23. The van der Waals surface area contributed by atoms with Crippen molar-refractivity contribution < 1.29 is 9.18 Å². The Kier molecular flexibility index (Phi) is 6.24. The molecule has 1 aliphatic rings. The lowest BCUT2D eigenvalue weighted by Gasteiger charge is -2.28. The number of hydrogen-bond acceptors (Lipinski definition) is 6. The van der Waals surface area contributed by atoms with E-state index in [1.54, 1.807) is 30.9 Å². The number of fused-ring (bicyclic) bond motifs is 2. The highest BCUT2D eigenvalue weighted by Crippen LogP contribution is 2.33. The van der Waals surface area contributed by atoms with E-state index in [1.165, 1.54) is 12.1 Å². The molecule has 1 fully saturated rings. The second-order valence-electron chi connectivity index (χ2n) is 10.5. The number of H-pyrrole nitrogens is 2. The maximum atomic E-state index is 13.9. The third-order valence-corrected chi connectivity index (χ3v) is 7.75. The molecule has 0 spiro atoms. The number of piperidine rings is 1. The molecule has 41 heavy (non-hydrogen) atoms. The Hall–Kier alpha value is -4.96. The fourth-order valence-electron chi connectivity index (χ4n) is 5.47. The highest BCUT2D eigenvalue weighted by molar-refractivity contribution is 5.98. The molecular formula is C31H27FN8O. The number of anilines is 1. The minimum Gasteiger partial charge on any atom is -0.335 e. The summed E-state index contributed by atoms with van der Waals surface area (Å²) in [7, 11) is 2.08. The maximum Gasteiger partial charge on any atom is 0.227 e. The van der Waals surface area contributed by atoms with Crippen LogP contribution in [-0.4, -0.2) is 61.1 Å². The van der Waals surface area contributed by atoms with Crippen LogP contribution in [0, 0.1) is 11.7 Å². The molecule has 10 heteroatoms. The van der Waals surface area contributed by atoms with Crippen molar-refractivity contribution in [3.63, 3.8) is 0 Å². The molecule has 0 radical (unpaired) electrons. The first kappa shape index (κ1) is 25.0. The fourth-order valence-corrected chi connectivity index (χ4v) is 5.47. The molecule has 1 saturated heterocycles. The molecule has 2 aromatic carbocycles. The smallest absolute Gasteiger partial charge is 0.227 e. The molecule has 6 aromatic rings. The molecule has 5 heterocycles. The first-order chi connectivity index (χ1) is 20.0. The van der Waals surface area contributed by atoms with Crippen molar-refractivity contribution in [3.8, 4) is 33.8 Å². The van der Waals surface area contributed by atoms with E-state index in [2.05, 4.69) is 42.4 Å². The molecule has 0 aliphatic carbocycles. The van der Waals surface area contributed by atoms with Gasteiger partial charge in [-0.25, -0.2) is 9.37 Å². The summed E-state index contributed by atoms with van der Waals surface area (Å²) in [6.45, 7) is 1.86. The third-order valence-electron chi connectivity index (χ3n) is 7.75. The number of imidazole rings is 1. The van der Waals surface area contributed by atoms with Gasteiger partial charge in [0.1, 0.15) is 11.5 Å². The first-order valence-corrected chi connectivity index (χ1v) is 13.5. The van der Waals surface area contributed by atoms with Crippen LogP contribution >= 0.6 is 0 Å². The van der Waals surface area contributed by atoms with Crippen LogP contribution in [0.25, 0.3) is 55.7 Å². The topological polar surface area (TPSA) is 115 Å². The first-order valence-electron chi connectivity index (χ1n) is 13.5. The predicted molar refractivity (Wildman–Crippen MR) is 156 cm³/mol. The van der Waals surface area contributed by atoms with Crippen molar-refractivity contribution in [2.24, 2.45) is 5.92 Å². The summed E-state index contributed by atoms with van der Waals surface area (Å²) in [5.41, 5.74) is 6.84. The van der Waals surface area contributed by atoms with Gasteiger partial charge in [-0.1, -0.05) is 18.2 Å². The summed E-state index contributed by atoms with van der Waals surface area (Å²) >= 11 is 0. The van der Waals surface area contributed by atoms with Crippen LogP contribution in [0.2, 0.25) is 0 Å². The Bertz CT molecular complexity index is 1900. The number of aromatic nitrogens is 6. The number of nitrogens with one attached hydrogen (secondary N) is 3. The number of aromatic amines is 2. The van der Waals surface area contributed by atoms with E-state index in [9.17, 15) is 9.18 Å². The Labute approximate surface area is 234 Å². The molecule has 0 bridgehead atoms. The lowest BCUT2D eigenvalue weighted by Crippen LogP contribution is -2.35. The quantitative estimate of drug-likeness (QED) is 0.257. The van der Waals surface area contributed by atoms with Gasteiger partial charge in [-0.3, -0.25) is 19.9 Å². The zero-order valence-electron chi connectivity index (χ0n) is 22.4. The average molecular weight is 547 g/mol. The van der Waals surface area contributed by atoms with Gasteiger partial charge >= 0.3 is 0 Å². The zero-order chi connectivity index (χ0) is 27.9. The van der Waals surface area contributed by atoms with Crippen LogP contribution in [0.15, 0.2) is 73.3 Å². The summed E-state index contributed by atoms with van der Waals surface area (Å²) in [6.07, 6.45) is 8.56. The predicted octanol–water partition coefficient (Wildman–Crippen LogP) is 5.65. The number of rotatable bonds is 5. The second-order valence-corrected chi connectivity index (χ2v) is 10.5. The van der Waals surface area contributed by atoms with Crippen molar-refractivity contribution >= 4 is 33.5 Å². The van der Waals surface area contributed by atoms with Gasteiger partial charge in [-0.2, -0.15) is 5.10 Å². The summed E-state index contributed by atoms with van der Waals surface area (Å²) in [6, 6.07) is 14.3. The van der Waals surface area contributed by atoms with E-state index in [-0.39, 0.29) is 17.6 Å². The van der Waals surface area contributed by atoms with Gasteiger partial charge in [0.25, 0.3) is 0 Å². The standard InChI is InChI=1S/C31H27FN8O/c1-40-9-7-18(8-10-40)31(41)35-23-12-21(14-33-15-23)19-5-6-26-24(13-19)29(39-38-26)30-36-27-17-34-16-25(28(27)37-30)20-3-2-4-22(32)11-20/h2-6,11-18H,7-10H2,1H3,(H,35,41)(H,36,37)(H,38,39). The molecule has 9 nitrogen and oxygen atoms in total. The number of likely N-dealkylation sites (tertiary alicyclic amines) is 1. The molecule has 0 unspecified atom stereocenters. The van der Waals surface area contributed by atoms with Gasteiger partial charge in [-0.05, 0) is 74.4 Å². The Morgan fingerprint density at radius 3 is 2.66 bits per heavy atom. The number of hydrogen-bond donors (Lipinski definition) is 3. The SMILES string of the molecule is CN1CCC(C(=O)Nc2cncc(-c3ccc4[nH]nc(-c5nc6c(-c7cccc(F)c7)cncc6[nH]5)c4c3)c2)CC1. The number of halogens is 1. The fraction of sp³-hybridized carbons (Fsp3) is 0.194. The van der Waals surface area contributed by atoms with Crippen molar-refractivity contribution in [1.29, 1.82) is 0 Å². The molecular weight excluding hydrogens is 519 g/mol. The Morgan fingerprint density at radius 1 is 0.951 bits per heavy atom. The summed E-state index contributed by atoms with van der Waals surface area (Å²) in [5.74, 6) is 0.314. The van der Waals surface area contributed by atoms with E-state index in [4.69, 9.17) is 4.98 Å². The second kappa shape index (κ2) is 10.2. The van der Waals surface area contributed by atoms with Crippen LogP contribution in [0.5, 0.6) is 0 Å². The number of nitrogens with zero attached hydrogens (tertiary/aromatic N) is 5. The maximum absolute atomic E-state index is 13.9. The number of carbonyl (C=O) groups excluding carboxylic acids is 1.